The van der Waals surface area contributed by atoms with Gasteiger partial charge in [-0.25, -0.2) is 0 Å². The highest BCUT2D eigenvalue weighted by molar-refractivity contribution is 5.46. The summed E-state index contributed by atoms with van der Waals surface area (Å²) in [6.07, 6.45) is 7.76. The summed E-state index contributed by atoms with van der Waals surface area (Å²) in [6.45, 7) is 7.19. The van der Waals surface area contributed by atoms with Crippen molar-refractivity contribution in [2.24, 2.45) is 5.41 Å². The zero-order valence-electron chi connectivity index (χ0n) is 11.1. The lowest BCUT2D eigenvalue weighted by Crippen LogP contribution is -2.48. The van der Waals surface area contributed by atoms with Crippen molar-refractivity contribution in [1.29, 1.82) is 0 Å². The van der Waals surface area contributed by atoms with Crippen molar-refractivity contribution in [2.75, 3.05) is 40.3 Å². The van der Waals surface area contributed by atoms with Crippen LogP contribution in [-0.4, -0.2) is 61.1 Å². The van der Waals surface area contributed by atoms with Crippen LogP contribution in [0, 0.1) is 5.41 Å². The molecule has 2 rings (SSSR count). The van der Waals surface area contributed by atoms with Gasteiger partial charge in [-0.2, -0.15) is 5.01 Å². The first-order valence-electron chi connectivity index (χ1n) is 6.61. The standard InChI is InChI=1S/C13H26N3/c1-4-15(3)16-11-7-13(8-12-16)5-9-14(2)10-6-13/h4H,5-12H2,1-3H3/q+1. The lowest BCUT2D eigenvalue weighted by atomic mass is 9.71. The Hall–Kier alpha value is -0.570. The highest BCUT2D eigenvalue weighted by atomic mass is 15.5. The van der Waals surface area contributed by atoms with Gasteiger partial charge in [-0.1, -0.05) is 0 Å². The number of piperidine rings is 2. The normalized spacial score (nSPS) is 27.4. The van der Waals surface area contributed by atoms with E-state index in [4.69, 9.17) is 0 Å². The summed E-state index contributed by atoms with van der Waals surface area (Å²) >= 11 is 0. The molecule has 2 saturated heterocycles. The minimum Gasteiger partial charge on any atom is -0.306 e. The van der Waals surface area contributed by atoms with Crippen LogP contribution in [0.15, 0.2) is 0 Å². The number of nitrogens with zero attached hydrogens (tertiary/aromatic N) is 3. The average molecular weight is 224 g/mol. The predicted octanol–water partition coefficient (Wildman–Crippen LogP) is 1.44. The minimum atomic E-state index is 0.678. The molecule has 3 heteroatoms. The van der Waals surface area contributed by atoms with Crippen LogP contribution in [0.5, 0.6) is 0 Å². The molecule has 0 saturated carbocycles. The van der Waals surface area contributed by atoms with Crippen molar-refractivity contribution in [2.45, 2.75) is 32.6 Å². The van der Waals surface area contributed by atoms with Crippen LogP contribution in [0.3, 0.4) is 0 Å². The second-order valence-corrected chi connectivity index (χ2v) is 5.59. The summed E-state index contributed by atoms with van der Waals surface area (Å²) in [4.78, 5) is 2.48. The third kappa shape index (κ3) is 2.40. The van der Waals surface area contributed by atoms with Crippen molar-refractivity contribution in [1.82, 2.24) is 9.91 Å². The second-order valence-electron chi connectivity index (χ2n) is 5.59. The van der Waals surface area contributed by atoms with Crippen LogP contribution >= 0.6 is 0 Å². The van der Waals surface area contributed by atoms with Gasteiger partial charge in [0, 0.05) is 6.92 Å². The van der Waals surface area contributed by atoms with Crippen LogP contribution in [0.2, 0.25) is 0 Å². The van der Waals surface area contributed by atoms with E-state index in [9.17, 15) is 0 Å². The number of hydrogen-bond donors (Lipinski definition) is 0. The van der Waals surface area contributed by atoms with Gasteiger partial charge in [0.2, 0.25) is 0 Å². The lowest BCUT2D eigenvalue weighted by molar-refractivity contribution is -0.668. The monoisotopic (exact) mass is 224 g/mol. The largest absolute Gasteiger partial charge is 0.306 e. The Kier molecular flexibility index (Phi) is 3.53. The lowest BCUT2D eigenvalue weighted by Gasteiger charge is -2.44. The molecule has 2 heterocycles. The van der Waals surface area contributed by atoms with E-state index in [1.54, 1.807) is 0 Å². The van der Waals surface area contributed by atoms with E-state index in [-0.39, 0.29) is 0 Å². The fourth-order valence-electron chi connectivity index (χ4n) is 3.04. The van der Waals surface area contributed by atoms with E-state index in [0.29, 0.717) is 5.41 Å². The molecule has 0 aromatic carbocycles. The molecule has 0 atom stereocenters. The molecule has 0 aliphatic carbocycles. The Morgan fingerprint density at radius 2 is 1.50 bits per heavy atom. The molecular formula is C13H26N3+. The van der Waals surface area contributed by atoms with Crippen molar-refractivity contribution in [3.63, 3.8) is 0 Å². The molecule has 2 aliphatic heterocycles. The van der Waals surface area contributed by atoms with Gasteiger partial charge in [0.15, 0.2) is 13.3 Å². The first-order valence-corrected chi connectivity index (χ1v) is 6.61. The fourth-order valence-corrected chi connectivity index (χ4v) is 3.04. The smallest absolute Gasteiger partial charge is 0.166 e. The van der Waals surface area contributed by atoms with E-state index in [1.807, 2.05) is 0 Å². The summed E-state index contributed by atoms with van der Waals surface area (Å²) in [7, 11) is 4.41. The van der Waals surface area contributed by atoms with E-state index in [2.05, 4.69) is 41.8 Å². The molecule has 0 unspecified atom stereocenters. The Labute approximate surface area is 99.7 Å². The van der Waals surface area contributed by atoms with E-state index in [1.165, 1.54) is 51.9 Å². The van der Waals surface area contributed by atoms with E-state index in [0.717, 1.165) is 0 Å². The van der Waals surface area contributed by atoms with Gasteiger partial charge in [-0.3, -0.25) is 0 Å². The third-order valence-corrected chi connectivity index (χ3v) is 4.67. The van der Waals surface area contributed by atoms with Gasteiger partial charge < -0.3 is 4.90 Å². The Morgan fingerprint density at radius 1 is 1.00 bits per heavy atom. The quantitative estimate of drug-likeness (QED) is 0.492. The first-order chi connectivity index (χ1) is 7.65. The SMILES string of the molecule is CC=[N+](C)N1CCC2(CCN(C)CC2)CC1. The maximum Gasteiger partial charge on any atom is 0.166 e. The van der Waals surface area contributed by atoms with Gasteiger partial charge in [-0.05, 0) is 51.2 Å². The number of hydrazone groups is 1. The fraction of sp³-hybridized carbons (Fsp3) is 0.923. The van der Waals surface area contributed by atoms with Gasteiger partial charge in [-0.15, -0.1) is 4.68 Å². The Morgan fingerprint density at radius 3 is 2.00 bits per heavy atom. The molecule has 16 heavy (non-hydrogen) atoms. The van der Waals surface area contributed by atoms with Crippen molar-refractivity contribution in [3.8, 4) is 0 Å². The third-order valence-electron chi connectivity index (χ3n) is 4.67. The second kappa shape index (κ2) is 4.74. The van der Waals surface area contributed by atoms with Gasteiger partial charge >= 0.3 is 0 Å². The molecule has 0 aromatic heterocycles. The summed E-state index contributed by atoms with van der Waals surface area (Å²) < 4.78 is 2.25. The number of rotatable bonds is 1. The van der Waals surface area contributed by atoms with E-state index < -0.39 is 0 Å². The zero-order chi connectivity index (χ0) is 11.6. The maximum atomic E-state index is 2.48. The Balaban J connectivity index is 1.89. The molecule has 1 spiro atoms. The Bertz CT molecular complexity index is 254. The minimum absolute atomic E-state index is 0.678. The molecule has 2 fully saturated rings. The topological polar surface area (TPSA) is 9.49 Å². The number of hydrazine groups is 1. The molecular weight excluding hydrogens is 198 g/mol. The zero-order valence-corrected chi connectivity index (χ0v) is 11.1. The molecule has 0 radical (unpaired) electrons. The molecule has 92 valence electrons. The van der Waals surface area contributed by atoms with E-state index >= 15 is 0 Å². The molecule has 2 aliphatic rings. The predicted molar refractivity (Wildman–Crippen MR) is 67.9 cm³/mol. The highest BCUT2D eigenvalue weighted by Crippen LogP contribution is 2.40. The van der Waals surface area contributed by atoms with Crippen LogP contribution in [0.25, 0.3) is 0 Å². The number of hydrogen-bond acceptors (Lipinski definition) is 2. The van der Waals surface area contributed by atoms with Crippen molar-refractivity contribution >= 4 is 6.21 Å². The van der Waals surface area contributed by atoms with Crippen molar-refractivity contribution < 1.29 is 4.68 Å². The molecule has 0 bridgehead atoms. The summed E-state index contributed by atoms with van der Waals surface area (Å²) in [5.74, 6) is 0. The maximum absolute atomic E-state index is 2.48. The van der Waals surface area contributed by atoms with Crippen LogP contribution < -0.4 is 0 Å². The van der Waals surface area contributed by atoms with Gasteiger partial charge in [0.05, 0.1) is 13.1 Å². The number of likely N-dealkylation sites (tertiary alicyclic amines) is 1. The van der Waals surface area contributed by atoms with Crippen molar-refractivity contribution in [3.05, 3.63) is 0 Å². The summed E-state index contributed by atoms with van der Waals surface area (Å²) in [5.41, 5.74) is 0.678. The molecule has 0 amide bonds. The molecule has 0 N–H and O–H groups in total. The van der Waals surface area contributed by atoms with Crippen LogP contribution in [0.4, 0.5) is 0 Å². The summed E-state index contributed by atoms with van der Waals surface area (Å²) in [5, 5.41) is 2.48. The van der Waals surface area contributed by atoms with Gasteiger partial charge in [0.1, 0.15) is 0 Å². The average Bonchev–Trinajstić information content (AvgIpc) is 2.33. The van der Waals surface area contributed by atoms with Crippen LogP contribution in [-0.2, 0) is 0 Å². The highest BCUT2D eigenvalue weighted by Gasteiger charge is 2.38. The first kappa shape index (κ1) is 11.9. The molecule has 0 aromatic rings. The molecule has 3 nitrogen and oxygen atoms in total. The van der Waals surface area contributed by atoms with Gasteiger partial charge in [0.25, 0.3) is 0 Å². The summed E-state index contributed by atoms with van der Waals surface area (Å²) in [6, 6.07) is 0. The van der Waals surface area contributed by atoms with Crippen LogP contribution in [0.1, 0.15) is 32.6 Å².